The van der Waals surface area contributed by atoms with Crippen LogP contribution in [-0.4, -0.2) is 68.6 Å². The van der Waals surface area contributed by atoms with Crippen molar-refractivity contribution in [3.05, 3.63) is 35.9 Å². The quantitative estimate of drug-likeness (QED) is 0.777. The highest BCUT2D eigenvalue weighted by molar-refractivity contribution is 5.92. The number of aromatic amines is 1. The lowest BCUT2D eigenvalue weighted by atomic mass is 10.2. The van der Waals surface area contributed by atoms with E-state index in [1.807, 2.05) is 9.47 Å². The Kier molecular flexibility index (Phi) is 5.19. The van der Waals surface area contributed by atoms with Gasteiger partial charge in [0.2, 0.25) is 0 Å². The summed E-state index contributed by atoms with van der Waals surface area (Å²) in [6.45, 7) is 3.05. The Hall–Kier alpha value is -2.68. The number of ether oxygens (including phenoxy) is 1. The first kappa shape index (κ1) is 17.7. The molecule has 0 saturated carbocycles. The summed E-state index contributed by atoms with van der Waals surface area (Å²) in [5, 5.41) is 2.88. The van der Waals surface area contributed by atoms with E-state index in [1.54, 1.807) is 18.7 Å². The average molecular weight is 372 g/mol. The molecule has 1 saturated heterocycles. The SMILES string of the molecule is O=C(NCCc1cnc[nH]1)c1cn2c(n1)CCN(C(=O)C1CCCO1)CC2. The van der Waals surface area contributed by atoms with Gasteiger partial charge in [-0.3, -0.25) is 9.59 Å². The maximum Gasteiger partial charge on any atom is 0.271 e. The second kappa shape index (κ2) is 7.91. The van der Waals surface area contributed by atoms with Gasteiger partial charge >= 0.3 is 0 Å². The van der Waals surface area contributed by atoms with Crippen LogP contribution in [0.5, 0.6) is 0 Å². The number of hydrogen-bond donors (Lipinski definition) is 2. The molecule has 27 heavy (non-hydrogen) atoms. The molecule has 2 aromatic rings. The van der Waals surface area contributed by atoms with Gasteiger partial charge in [0.05, 0.1) is 6.33 Å². The van der Waals surface area contributed by atoms with Gasteiger partial charge in [-0.1, -0.05) is 0 Å². The van der Waals surface area contributed by atoms with Crippen molar-refractivity contribution in [3.8, 4) is 0 Å². The maximum atomic E-state index is 12.5. The lowest BCUT2D eigenvalue weighted by molar-refractivity contribution is -0.140. The zero-order chi connectivity index (χ0) is 18.6. The van der Waals surface area contributed by atoms with Crippen molar-refractivity contribution in [3.63, 3.8) is 0 Å². The monoisotopic (exact) mass is 372 g/mol. The number of amides is 2. The molecule has 9 heteroatoms. The smallest absolute Gasteiger partial charge is 0.271 e. The Morgan fingerprint density at radius 3 is 3.04 bits per heavy atom. The van der Waals surface area contributed by atoms with Crippen LogP contribution >= 0.6 is 0 Å². The average Bonchev–Trinajstić information content (AvgIpc) is 3.42. The van der Waals surface area contributed by atoms with Crippen LogP contribution in [0, 0.1) is 0 Å². The van der Waals surface area contributed by atoms with Crippen molar-refractivity contribution in [2.24, 2.45) is 0 Å². The summed E-state index contributed by atoms with van der Waals surface area (Å²) in [5.41, 5.74) is 1.40. The summed E-state index contributed by atoms with van der Waals surface area (Å²) in [5.74, 6) is 0.744. The number of imidazole rings is 2. The van der Waals surface area contributed by atoms with Crippen molar-refractivity contribution >= 4 is 11.8 Å². The van der Waals surface area contributed by atoms with Crippen molar-refractivity contribution < 1.29 is 14.3 Å². The standard InChI is InChI=1S/C18H24N6O3/c25-17(20-5-3-13-10-19-12-21-13)14-11-24-8-7-23(6-4-16(24)22-14)18(26)15-2-1-9-27-15/h10-12,15H,1-9H2,(H,19,21)(H,20,25). The number of carbonyl (C=O) groups excluding carboxylic acids is 2. The molecule has 2 N–H and O–H groups in total. The Bertz CT molecular complexity index is 769. The topological polar surface area (TPSA) is 105 Å². The van der Waals surface area contributed by atoms with Gasteiger partial charge < -0.3 is 24.5 Å². The van der Waals surface area contributed by atoms with E-state index in [9.17, 15) is 9.59 Å². The third-order valence-corrected chi connectivity index (χ3v) is 5.06. The van der Waals surface area contributed by atoms with E-state index in [2.05, 4.69) is 20.3 Å². The molecular formula is C18H24N6O3. The second-order valence-corrected chi connectivity index (χ2v) is 6.90. The molecule has 1 atom stereocenters. The van der Waals surface area contributed by atoms with Crippen LogP contribution < -0.4 is 5.32 Å². The van der Waals surface area contributed by atoms with E-state index in [-0.39, 0.29) is 17.9 Å². The van der Waals surface area contributed by atoms with Gasteiger partial charge in [-0.25, -0.2) is 9.97 Å². The minimum absolute atomic E-state index is 0.0787. The van der Waals surface area contributed by atoms with Crippen LogP contribution in [0.25, 0.3) is 0 Å². The summed E-state index contributed by atoms with van der Waals surface area (Å²) in [7, 11) is 0. The third kappa shape index (κ3) is 4.02. The van der Waals surface area contributed by atoms with E-state index < -0.39 is 0 Å². The molecule has 4 rings (SSSR count). The van der Waals surface area contributed by atoms with Crippen LogP contribution in [0.2, 0.25) is 0 Å². The first-order valence-corrected chi connectivity index (χ1v) is 9.42. The largest absolute Gasteiger partial charge is 0.368 e. The summed E-state index contributed by atoms with van der Waals surface area (Å²) in [4.78, 5) is 38.1. The van der Waals surface area contributed by atoms with Gasteiger partial charge in [0.25, 0.3) is 11.8 Å². The lowest BCUT2D eigenvalue weighted by Crippen LogP contribution is -2.40. The number of nitrogens with one attached hydrogen (secondary N) is 2. The van der Waals surface area contributed by atoms with Crippen molar-refractivity contribution in [1.82, 2.24) is 29.7 Å². The van der Waals surface area contributed by atoms with Crippen LogP contribution in [0.3, 0.4) is 0 Å². The molecule has 0 aromatic carbocycles. The summed E-state index contributed by atoms with van der Waals surface area (Å²) >= 11 is 0. The van der Waals surface area contributed by atoms with E-state index >= 15 is 0 Å². The van der Waals surface area contributed by atoms with Crippen LogP contribution in [0.1, 0.15) is 34.8 Å². The number of rotatable bonds is 5. The van der Waals surface area contributed by atoms with Gasteiger partial charge in [-0.2, -0.15) is 0 Å². The molecule has 2 aromatic heterocycles. The van der Waals surface area contributed by atoms with Gasteiger partial charge in [-0.05, 0) is 12.8 Å². The Labute approximate surface area is 157 Å². The first-order chi connectivity index (χ1) is 13.2. The minimum Gasteiger partial charge on any atom is -0.368 e. The summed E-state index contributed by atoms with van der Waals surface area (Å²) < 4.78 is 7.49. The molecule has 0 aliphatic carbocycles. The number of hydrogen-bond acceptors (Lipinski definition) is 5. The molecule has 1 fully saturated rings. The predicted molar refractivity (Wildman–Crippen MR) is 96.1 cm³/mol. The zero-order valence-corrected chi connectivity index (χ0v) is 15.2. The van der Waals surface area contributed by atoms with Gasteiger partial charge in [0.1, 0.15) is 17.6 Å². The van der Waals surface area contributed by atoms with Crippen molar-refractivity contribution in [2.45, 2.75) is 38.3 Å². The first-order valence-electron chi connectivity index (χ1n) is 9.42. The Morgan fingerprint density at radius 1 is 1.33 bits per heavy atom. The minimum atomic E-state index is -0.286. The second-order valence-electron chi connectivity index (χ2n) is 6.90. The van der Waals surface area contributed by atoms with E-state index in [1.165, 1.54) is 0 Å². The molecule has 2 aliphatic heterocycles. The van der Waals surface area contributed by atoms with Gasteiger partial charge in [0.15, 0.2) is 0 Å². The Balaban J connectivity index is 1.31. The maximum absolute atomic E-state index is 12.5. The molecule has 1 unspecified atom stereocenters. The Morgan fingerprint density at radius 2 is 2.26 bits per heavy atom. The number of H-pyrrole nitrogens is 1. The van der Waals surface area contributed by atoms with Gasteiger partial charge in [0, 0.05) is 63.7 Å². The molecule has 9 nitrogen and oxygen atoms in total. The molecular weight excluding hydrogens is 348 g/mol. The highest BCUT2D eigenvalue weighted by atomic mass is 16.5. The molecule has 0 bridgehead atoms. The van der Waals surface area contributed by atoms with Crippen LogP contribution in [0.15, 0.2) is 18.7 Å². The predicted octanol–water partition coefficient (Wildman–Crippen LogP) is 0.142. The zero-order valence-electron chi connectivity index (χ0n) is 15.2. The van der Waals surface area contributed by atoms with E-state index in [0.717, 1.165) is 24.4 Å². The van der Waals surface area contributed by atoms with Crippen LogP contribution in [0.4, 0.5) is 0 Å². The van der Waals surface area contributed by atoms with Gasteiger partial charge in [-0.15, -0.1) is 0 Å². The van der Waals surface area contributed by atoms with E-state index in [4.69, 9.17) is 4.74 Å². The number of nitrogens with zero attached hydrogens (tertiary/aromatic N) is 4. The molecule has 0 spiro atoms. The molecule has 0 radical (unpaired) electrons. The molecule has 144 valence electrons. The number of aromatic nitrogens is 4. The fraction of sp³-hybridized carbons (Fsp3) is 0.556. The number of carbonyl (C=O) groups is 2. The van der Waals surface area contributed by atoms with Crippen LogP contribution in [-0.2, 0) is 28.9 Å². The normalized spacial score (nSPS) is 19.6. The molecule has 2 amide bonds. The highest BCUT2D eigenvalue weighted by Crippen LogP contribution is 2.17. The fourth-order valence-corrected chi connectivity index (χ4v) is 3.55. The fourth-order valence-electron chi connectivity index (χ4n) is 3.55. The van der Waals surface area contributed by atoms with Crippen molar-refractivity contribution in [1.29, 1.82) is 0 Å². The number of fused-ring (bicyclic) bond motifs is 1. The highest BCUT2D eigenvalue weighted by Gasteiger charge is 2.29. The van der Waals surface area contributed by atoms with E-state index in [0.29, 0.717) is 51.3 Å². The third-order valence-electron chi connectivity index (χ3n) is 5.06. The molecule has 2 aliphatic rings. The molecule has 4 heterocycles. The summed E-state index contributed by atoms with van der Waals surface area (Å²) in [6.07, 6.45) is 7.95. The summed E-state index contributed by atoms with van der Waals surface area (Å²) in [6, 6.07) is 0. The van der Waals surface area contributed by atoms with Crippen molar-refractivity contribution in [2.75, 3.05) is 26.2 Å². The lowest BCUT2D eigenvalue weighted by Gasteiger charge is -2.23.